The van der Waals surface area contributed by atoms with Gasteiger partial charge in [0.1, 0.15) is 0 Å². The van der Waals surface area contributed by atoms with Crippen molar-refractivity contribution < 1.29 is 14.7 Å². The fourth-order valence-corrected chi connectivity index (χ4v) is 2.65. The van der Waals surface area contributed by atoms with Gasteiger partial charge in [0.2, 0.25) is 6.10 Å². The highest BCUT2D eigenvalue weighted by atomic mass is 16.6. The molecule has 0 aliphatic carbocycles. The molecular weight excluding hydrogens is 256 g/mol. The van der Waals surface area contributed by atoms with E-state index in [9.17, 15) is 9.90 Å². The highest BCUT2D eigenvalue weighted by molar-refractivity contribution is 6.04. The minimum absolute atomic E-state index is 0.0857. The summed E-state index contributed by atoms with van der Waals surface area (Å²) in [5.41, 5.74) is 1.00. The van der Waals surface area contributed by atoms with Crippen LogP contribution in [-0.4, -0.2) is 46.4 Å². The summed E-state index contributed by atoms with van der Waals surface area (Å²) in [6.45, 7) is 2.69. The van der Waals surface area contributed by atoms with E-state index in [0.717, 1.165) is 11.3 Å². The summed E-state index contributed by atoms with van der Waals surface area (Å²) in [6.07, 6.45) is 0.540. The maximum Gasteiger partial charge on any atom is 0.267 e. The molecule has 5 heteroatoms. The molecule has 2 atom stereocenters. The van der Waals surface area contributed by atoms with Gasteiger partial charge in [-0.1, -0.05) is 35.5 Å². The minimum Gasteiger partial charge on any atom is -0.388 e. The summed E-state index contributed by atoms with van der Waals surface area (Å²) < 4.78 is 0. The van der Waals surface area contributed by atoms with Crippen LogP contribution in [0.5, 0.6) is 0 Å². The molecule has 2 heterocycles. The van der Waals surface area contributed by atoms with Gasteiger partial charge in [-0.3, -0.25) is 4.79 Å². The highest BCUT2D eigenvalue weighted by Crippen LogP contribution is 2.24. The number of hydrogen-bond acceptors (Lipinski definition) is 4. The van der Waals surface area contributed by atoms with Crippen molar-refractivity contribution in [2.24, 2.45) is 5.16 Å². The number of carbonyl (C=O) groups is 1. The van der Waals surface area contributed by atoms with E-state index in [2.05, 4.69) is 5.16 Å². The Morgan fingerprint density at radius 2 is 2.20 bits per heavy atom. The van der Waals surface area contributed by atoms with Crippen molar-refractivity contribution in [3.8, 4) is 0 Å². The summed E-state index contributed by atoms with van der Waals surface area (Å²) in [5.74, 6) is -0.0857. The zero-order valence-electron chi connectivity index (χ0n) is 11.5. The lowest BCUT2D eigenvalue weighted by Crippen LogP contribution is -2.40. The van der Waals surface area contributed by atoms with E-state index in [1.165, 1.54) is 0 Å². The van der Waals surface area contributed by atoms with Crippen molar-refractivity contribution in [2.75, 3.05) is 13.1 Å². The number of benzene rings is 1. The first-order chi connectivity index (χ1) is 9.55. The van der Waals surface area contributed by atoms with Crippen LogP contribution in [0.3, 0.4) is 0 Å². The number of β-amino-alcohol motifs (C(OH)–C–C–N with tert-alkyl or cyclic N) is 1. The lowest BCUT2D eigenvalue weighted by Gasteiger charge is -2.20. The van der Waals surface area contributed by atoms with Crippen molar-refractivity contribution in [3.63, 3.8) is 0 Å². The molecular formula is C15H18N2O3. The summed E-state index contributed by atoms with van der Waals surface area (Å²) in [5, 5.41) is 13.9. The van der Waals surface area contributed by atoms with Crippen molar-refractivity contribution >= 4 is 11.6 Å². The van der Waals surface area contributed by atoms with E-state index in [4.69, 9.17) is 4.84 Å². The van der Waals surface area contributed by atoms with Crippen LogP contribution in [-0.2, 0) is 9.63 Å². The third-order valence-corrected chi connectivity index (χ3v) is 3.81. The van der Waals surface area contributed by atoms with Gasteiger partial charge in [0.15, 0.2) is 0 Å². The number of oxime groups is 1. The molecule has 0 radical (unpaired) electrons. The molecule has 106 valence electrons. The van der Waals surface area contributed by atoms with Crippen molar-refractivity contribution in [1.82, 2.24) is 4.90 Å². The number of carbonyl (C=O) groups excluding carboxylic acids is 1. The first-order valence-electron chi connectivity index (χ1n) is 6.84. The second kappa shape index (κ2) is 4.90. The zero-order valence-corrected chi connectivity index (χ0v) is 11.5. The predicted molar refractivity (Wildman–Crippen MR) is 74.3 cm³/mol. The molecule has 2 unspecified atom stereocenters. The maximum atomic E-state index is 12.3. The second-order valence-electron chi connectivity index (χ2n) is 5.71. The Kier molecular flexibility index (Phi) is 3.22. The van der Waals surface area contributed by atoms with Crippen molar-refractivity contribution in [1.29, 1.82) is 0 Å². The molecule has 1 fully saturated rings. The van der Waals surface area contributed by atoms with Gasteiger partial charge in [-0.25, -0.2) is 0 Å². The maximum absolute atomic E-state index is 12.3. The van der Waals surface area contributed by atoms with Crippen LogP contribution in [0.15, 0.2) is 35.5 Å². The number of amides is 1. The Labute approximate surface area is 117 Å². The van der Waals surface area contributed by atoms with E-state index in [1.54, 1.807) is 11.8 Å². The number of hydrogen-bond donors (Lipinski definition) is 1. The SMILES string of the molecule is CC1(O)CCN(C(=O)C2CC(c3ccccc3)=NO2)C1. The van der Waals surface area contributed by atoms with Gasteiger partial charge < -0.3 is 14.8 Å². The van der Waals surface area contributed by atoms with E-state index in [0.29, 0.717) is 25.9 Å². The lowest BCUT2D eigenvalue weighted by molar-refractivity contribution is -0.141. The molecule has 20 heavy (non-hydrogen) atoms. The molecule has 0 aromatic heterocycles. The van der Waals surface area contributed by atoms with Gasteiger partial charge in [0.25, 0.3) is 5.91 Å². The molecule has 5 nitrogen and oxygen atoms in total. The topological polar surface area (TPSA) is 62.1 Å². The minimum atomic E-state index is -0.780. The fourth-order valence-electron chi connectivity index (χ4n) is 2.65. The van der Waals surface area contributed by atoms with Crippen LogP contribution >= 0.6 is 0 Å². The van der Waals surface area contributed by atoms with Gasteiger partial charge >= 0.3 is 0 Å². The molecule has 1 saturated heterocycles. The molecule has 1 aromatic rings. The number of aliphatic hydroxyl groups is 1. The van der Waals surface area contributed by atoms with E-state index in [-0.39, 0.29) is 5.91 Å². The van der Waals surface area contributed by atoms with Crippen LogP contribution in [0.1, 0.15) is 25.3 Å². The van der Waals surface area contributed by atoms with Crippen LogP contribution in [0.4, 0.5) is 0 Å². The molecule has 0 spiro atoms. The quantitative estimate of drug-likeness (QED) is 0.880. The molecule has 1 N–H and O–H groups in total. The average molecular weight is 274 g/mol. The van der Waals surface area contributed by atoms with Gasteiger partial charge in [0, 0.05) is 19.5 Å². The Morgan fingerprint density at radius 3 is 2.85 bits per heavy atom. The number of likely N-dealkylation sites (tertiary alicyclic amines) is 1. The standard InChI is InChI=1S/C15H18N2O3/c1-15(19)7-8-17(10-15)14(18)13-9-12(16-20-13)11-5-3-2-4-6-11/h2-6,13,19H,7-10H2,1H3. The predicted octanol–water partition coefficient (Wildman–Crippen LogP) is 1.16. The fraction of sp³-hybridized carbons (Fsp3) is 0.467. The van der Waals surface area contributed by atoms with Gasteiger partial charge in [-0.05, 0) is 18.9 Å². The molecule has 1 amide bonds. The first-order valence-corrected chi connectivity index (χ1v) is 6.84. The third-order valence-electron chi connectivity index (χ3n) is 3.81. The average Bonchev–Trinajstić information content (AvgIpc) is 3.05. The van der Waals surface area contributed by atoms with Crippen LogP contribution < -0.4 is 0 Å². The normalized spacial score (nSPS) is 29.2. The molecule has 2 aliphatic rings. The largest absolute Gasteiger partial charge is 0.388 e. The smallest absolute Gasteiger partial charge is 0.267 e. The number of nitrogens with zero attached hydrogens (tertiary/aromatic N) is 2. The second-order valence-corrected chi connectivity index (χ2v) is 5.71. The van der Waals surface area contributed by atoms with Crippen molar-refractivity contribution in [3.05, 3.63) is 35.9 Å². The molecule has 2 aliphatic heterocycles. The molecule has 3 rings (SSSR count). The van der Waals surface area contributed by atoms with Gasteiger partial charge in [0.05, 0.1) is 11.3 Å². The Hall–Kier alpha value is -1.88. The van der Waals surface area contributed by atoms with Gasteiger partial charge in [-0.2, -0.15) is 0 Å². The van der Waals surface area contributed by atoms with Gasteiger partial charge in [-0.15, -0.1) is 0 Å². The lowest BCUT2D eigenvalue weighted by atomic mass is 10.0. The summed E-state index contributed by atoms with van der Waals surface area (Å²) in [6, 6.07) is 9.72. The van der Waals surface area contributed by atoms with E-state index < -0.39 is 11.7 Å². The highest BCUT2D eigenvalue weighted by Gasteiger charge is 2.39. The monoisotopic (exact) mass is 274 g/mol. The zero-order chi connectivity index (χ0) is 14.2. The summed E-state index contributed by atoms with van der Waals surface area (Å²) in [4.78, 5) is 19.3. The van der Waals surface area contributed by atoms with Crippen molar-refractivity contribution in [2.45, 2.75) is 31.5 Å². The van der Waals surface area contributed by atoms with E-state index >= 15 is 0 Å². The van der Waals surface area contributed by atoms with Crippen LogP contribution in [0.2, 0.25) is 0 Å². The summed E-state index contributed by atoms with van der Waals surface area (Å²) >= 11 is 0. The molecule has 1 aromatic carbocycles. The third kappa shape index (κ3) is 2.54. The summed E-state index contributed by atoms with van der Waals surface area (Å²) in [7, 11) is 0. The Balaban J connectivity index is 1.63. The molecule has 0 bridgehead atoms. The Bertz CT molecular complexity index is 539. The van der Waals surface area contributed by atoms with Crippen LogP contribution in [0.25, 0.3) is 0 Å². The van der Waals surface area contributed by atoms with Crippen LogP contribution in [0, 0.1) is 0 Å². The first kappa shape index (κ1) is 13.1. The number of rotatable bonds is 2. The van der Waals surface area contributed by atoms with E-state index in [1.807, 2.05) is 30.3 Å². The molecule has 0 saturated carbocycles. The Morgan fingerprint density at radius 1 is 1.45 bits per heavy atom.